The molecule has 3 N–H and O–H groups in total. The fourth-order valence-electron chi connectivity index (χ4n) is 3.98. The van der Waals surface area contributed by atoms with Crippen molar-refractivity contribution >= 4 is 29.8 Å². The second-order valence-electron chi connectivity index (χ2n) is 8.09. The van der Waals surface area contributed by atoms with E-state index in [4.69, 9.17) is 14.6 Å². The average molecular weight is 511 g/mol. The number of benzene rings is 2. The molecule has 0 atom stereocenters. The van der Waals surface area contributed by atoms with Crippen LogP contribution in [0.4, 0.5) is 20.3 Å². The number of fused-ring (bicyclic) bond motifs is 1. The van der Waals surface area contributed by atoms with Gasteiger partial charge in [0.05, 0.1) is 37.4 Å². The third-order valence-corrected chi connectivity index (χ3v) is 5.75. The van der Waals surface area contributed by atoms with E-state index in [1.807, 2.05) is 0 Å². The summed E-state index contributed by atoms with van der Waals surface area (Å²) < 4.78 is 34.0. The molecule has 1 saturated heterocycles. The summed E-state index contributed by atoms with van der Waals surface area (Å²) >= 11 is 0. The molecule has 37 heavy (non-hydrogen) atoms. The molecule has 1 aromatic heterocycles. The van der Waals surface area contributed by atoms with Crippen molar-refractivity contribution in [3.63, 3.8) is 0 Å². The van der Waals surface area contributed by atoms with E-state index in [1.165, 1.54) is 6.07 Å². The van der Waals surface area contributed by atoms with Crippen LogP contribution >= 0.6 is 0 Å². The van der Waals surface area contributed by atoms with Crippen molar-refractivity contribution in [3.05, 3.63) is 70.9 Å². The summed E-state index contributed by atoms with van der Waals surface area (Å²) in [5.41, 5.74) is 1.66. The van der Waals surface area contributed by atoms with E-state index in [-0.39, 0.29) is 54.0 Å². The molecule has 3 heterocycles. The molecule has 3 aromatic rings. The number of hydrogen-bond acceptors (Lipinski definition) is 7. The standard InChI is InChI=1S/C24H21F2N5O3.CH2O2/c25-16-2-1-3-17(26)20(16)22-29-18-13-27-24(33)21(18)23(30-22)28-15-6-4-14(5-7-15)12-19(32)31-8-10-34-11-9-31;2-1-3/h1-7H,8-13H2,(H,27,33)(H,28,29,30);1H,(H,2,3). The molecule has 0 bridgehead atoms. The van der Waals surface area contributed by atoms with Crippen molar-refractivity contribution in [2.24, 2.45) is 0 Å². The fraction of sp³-hybridized carbons (Fsp3) is 0.240. The number of carbonyl (C=O) groups excluding carboxylic acids is 2. The van der Waals surface area contributed by atoms with Crippen LogP contribution in [0.5, 0.6) is 0 Å². The molecule has 12 heteroatoms. The number of morpholine rings is 1. The fourth-order valence-corrected chi connectivity index (χ4v) is 3.98. The van der Waals surface area contributed by atoms with Gasteiger partial charge < -0.3 is 25.4 Å². The Balaban J connectivity index is 0.00000102. The lowest BCUT2D eigenvalue weighted by atomic mass is 10.1. The Morgan fingerprint density at radius 3 is 2.38 bits per heavy atom. The molecule has 192 valence electrons. The Morgan fingerprint density at radius 1 is 1.08 bits per heavy atom. The quantitative estimate of drug-likeness (QED) is 0.445. The van der Waals surface area contributed by atoms with E-state index in [1.54, 1.807) is 29.2 Å². The first-order valence-electron chi connectivity index (χ1n) is 11.3. The molecule has 0 aliphatic carbocycles. The molecule has 10 nitrogen and oxygen atoms in total. The maximum atomic E-state index is 14.3. The summed E-state index contributed by atoms with van der Waals surface area (Å²) in [5.74, 6) is -1.93. The van der Waals surface area contributed by atoms with Crippen LogP contribution in [0.25, 0.3) is 11.4 Å². The van der Waals surface area contributed by atoms with Crippen molar-refractivity contribution < 1.29 is 33.0 Å². The summed E-state index contributed by atoms with van der Waals surface area (Å²) in [6.07, 6.45) is 0.266. The van der Waals surface area contributed by atoms with E-state index in [2.05, 4.69) is 20.6 Å². The third-order valence-electron chi connectivity index (χ3n) is 5.75. The minimum absolute atomic E-state index is 0.0332. The third kappa shape index (κ3) is 5.86. The zero-order valence-corrected chi connectivity index (χ0v) is 19.5. The molecule has 2 aliphatic rings. The summed E-state index contributed by atoms with van der Waals surface area (Å²) in [7, 11) is 0. The van der Waals surface area contributed by atoms with Gasteiger partial charge in [-0.1, -0.05) is 18.2 Å². The summed E-state index contributed by atoms with van der Waals surface area (Å²) in [6.45, 7) is 2.15. The number of nitrogens with one attached hydrogen (secondary N) is 2. The highest BCUT2D eigenvalue weighted by molar-refractivity contribution is 6.03. The van der Waals surface area contributed by atoms with Gasteiger partial charge in [-0.05, 0) is 29.8 Å². The number of amides is 2. The van der Waals surface area contributed by atoms with E-state index < -0.39 is 11.6 Å². The number of hydrogen-bond donors (Lipinski definition) is 3. The second-order valence-corrected chi connectivity index (χ2v) is 8.09. The first kappa shape index (κ1) is 25.6. The Labute approximate surface area is 210 Å². The maximum absolute atomic E-state index is 14.3. The smallest absolute Gasteiger partial charge is 0.290 e. The lowest BCUT2D eigenvalue weighted by Crippen LogP contribution is -2.41. The van der Waals surface area contributed by atoms with Crippen LogP contribution in [0, 0.1) is 11.6 Å². The van der Waals surface area contributed by atoms with Gasteiger partial charge in [0.25, 0.3) is 12.4 Å². The van der Waals surface area contributed by atoms with Gasteiger partial charge in [-0.15, -0.1) is 0 Å². The minimum atomic E-state index is -0.794. The van der Waals surface area contributed by atoms with Crippen LogP contribution < -0.4 is 10.6 Å². The maximum Gasteiger partial charge on any atom is 0.290 e. The van der Waals surface area contributed by atoms with Crippen LogP contribution in [0.1, 0.15) is 21.6 Å². The highest BCUT2D eigenvalue weighted by Gasteiger charge is 2.28. The van der Waals surface area contributed by atoms with Crippen molar-refractivity contribution in [2.45, 2.75) is 13.0 Å². The predicted molar refractivity (Wildman–Crippen MR) is 128 cm³/mol. The SMILES string of the molecule is O=C1NCc2nc(-c3c(F)cccc3F)nc(Nc3ccc(CC(=O)N4CCOCC4)cc3)c21.O=CO. The second kappa shape index (κ2) is 11.5. The molecule has 0 saturated carbocycles. The largest absolute Gasteiger partial charge is 0.483 e. The average Bonchev–Trinajstić information content (AvgIpc) is 3.27. The van der Waals surface area contributed by atoms with Gasteiger partial charge in [0.2, 0.25) is 5.91 Å². The van der Waals surface area contributed by atoms with Gasteiger partial charge in [0.1, 0.15) is 23.0 Å². The van der Waals surface area contributed by atoms with Crippen LogP contribution in [0.2, 0.25) is 0 Å². The zero-order chi connectivity index (χ0) is 26.4. The van der Waals surface area contributed by atoms with Crippen LogP contribution in [0.3, 0.4) is 0 Å². The first-order chi connectivity index (χ1) is 17.9. The lowest BCUT2D eigenvalue weighted by molar-refractivity contribution is -0.134. The summed E-state index contributed by atoms with van der Waals surface area (Å²) in [6, 6.07) is 10.6. The molecule has 2 aromatic carbocycles. The van der Waals surface area contributed by atoms with Gasteiger partial charge in [-0.2, -0.15) is 0 Å². The Bertz CT molecular complexity index is 1290. The highest BCUT2D eigenvalue weighted by atomic mass is 19.1. The van der Waals surface area contributed by atoms with Crippen molar-refractivity contribution in [1.29, 1.82) is 0 Å². The lowest BCUT2D eigenvalue weighted by Gasteiger charge is -2.26. The summed E-state index contributed by atoms with van der Waals surface area (Å²) in [4.78, 5) is 43.5. The van der Waals surface area contributed by atoms with E-state index >= 15 is 0 Å². The number of carboxylic acid groups (broad SMARTS) is 1. The van der Waals surface area contributed by atoms with E-state index in [0.717, 1.165) is 17.7 Å². The van der Waals surface area contributed by atoms with Crippen LogP contribution in [-0.4, -0.2) is 64.6 Å². The van der Waals surface area contributed by atoms with Gasteiger partial charge in [0.15, 0.2) is 5.82 Å². The van der Waals surface area contributed by atoms with E-state index in [9.17, 15) is 18.4 Å². The predicted octanol–water partition coefficient (Wildman–Crippen LogP) is 2.51. The number of rotatable bonds is 5. The van der Waals surface area contributed by atoms with E-state index in [0.29, 0.717) is 37.7 Å². The molecule has 5 rings (SSSR count). The van der Waals surface area contributed by atoms with Gasteiger partial charge in [0, 0.05) is 18.8 Å². The monoisotopic (exact) mass is 511 g/mol. The van der Waals surface area contributed by atoms with Crippen molar-refractivity contribution in [1.82, 2.24) is 20.2 Å². The molecule has 1 fully saturated rings. The normalized spacial score (nSPS) is 14.2. The molecular weight excluding hydrogens is 488 g/mol. The Hall–Kier alpha value is -4.45. The molecule has 0 unspecified atom stereocenters. The van der Waals surface area contributed by atoms with Crippen molar-refractivity contribution in [2.75, 3.05) is 31.6 Å². The van der Waals surface area contributed by atoms with Gasteiger partial charge >= 0.3 is 0 Å². The summed E-state index contributed by atoms with van der Waals surface area (Å²) in [5, 5.41) is 12.6. The highest BCUT2D eigenvalue weighted by Crippen LogP contribution is 2.30. The number of halogens is 2. The first-order valence-corrected chi connectivity index (χ1v) is 11.3. The Morgan fingerprint density at radius 2 is 1.73 bits per heavy atom. The van der Waals surface area contributed by atoms with Gasteiger partial charge in [-0.3, -0.25) is 14.4 Å². The number of anilines is 2. The zero-order valence-electron chi connectivity index (χ0n) is 19.5. The van der Waals surface area contributed by atoms with Crippen LogP contribution in [-0.2, 0) is 27.3 Å². The number of nitrogens with zero attached hydrogens (tertiary/aromatic N) is 3. The Kier molecular flexibility index (Phi) is 7.98. The molecule has 0 spiro atoms. The van der Waals surface area contributed by atoms with Crippen LogP contribution in [0.15, 0.2) is 42.5 Å². The van der Waals surface area contributed by atoms with Crippen molar-refractivity contribution in [3.8, 4) is 11.4 Å². The molecular formula is C25H23F2N5O5. The molecule has 2 aliphatic heterocycles. The van der Waals surface area contributed by atoms with Gasteiger partial charge in [-0.25, -0.2) is 18.7 Å². The topological polar surface area (TPSA) is 134 Å². The number of ether oxygens (including phenoxy) is 1. The number of carbonyl (C=O) groups is 3. The number of aromatic nitrogens is 2. The molecule has 0 radical (unpaired) electrons. The minimum Gasteiger partial charge on any atom is -0.483 e. The molecule has 2 amide bonds.